The first-order valence-corrected chi connectivity index (χ1v) is 5.58. The minimum atomic E-state index is -0.467. The molecule has 94 valence electrons. The van der Waals surface area contributed by atoms with Crippen molar-refractivity contribution in [3.63, 3.8) is 0 Å². The molecule has 0 radical (unpaired) electrons. The van der Waals surface area contributed by atoms with Gasteiger partial charge in [0.15, 0.2) is 0 Å². The Hall–Kier alpha value is -1.69. The number of nitrogens with one attached hydrogen (secondary N) is 1. The molecule has 1 aromatic rings. The van der Waals surface area contributed by atoms with Crippen molar-refractivity contribution in [1.29, 1.82) is 0 Å². The fourth-order valence-corrected chi connectivity index (χ4v) is 1.39. The summed E-state index contributed by atoms with van der Waals surface area (Å²) in [5.41, 5.74) is 0.677. The van der Waals surface area contributed by atoms with E-state index >= 15 is 0 Å². The highest BCUT2D eigenvalue weighted by Crippen LogP contribution is 2.21. The van der Waals surface area contributed by atoms with E-state index in [2.05, 4.69) is 10.3 Å². The standard InChI is InChI=1S/C11H17N3O3/c1-3-9(15)6-7-12-11-10(14(16)17)5-4-8(2)13-11/h4-5,9,15H,3,6-7H2,1-2H3,(H,12,13). The molecule has 2 N–H and O–H groups in total. The summed E-state index contributed by atoms with van der Waals surface area (Å²) in [6, 6.07) is 3.03. The zero-order chi connectivity index (χ0) is 12.8. The maximum Gasteiger partial charge on any atom is 0.311 e. The van der Waals surface area contributed by atoms with Gasteiger partial charge in [-0.25, -0.2) is 4.98 Å². The van der Waals surface area contributed by atoms with Crippen LogP contribution in [0.15, 0.2) is 12.1 Å². The molecule has 0 saturated carbocycles. The summed E-state index contributed by atoms with van der Waals surface area (Å²) >= 11 is 0. The Labute approximate surface area is 99.8 Å². The van der Waals surface area contributed by atoms with E-state index in [0.717, 1.165) is 0 Å². The largest absolute Gasteiger partial charge is 0.393 e. The lowest BCUT2D eigenvalue weighted by atomic mass is 10.2. The average Bonchev–Trinajstić information content (AvgIpc) is 2.28. The van der Waals surface area contributed by atoms with E-state index in [1.165, 1.54) is 6.07 Å². The van der Waals surface area contributed by atoms with Crippen molar-refractivity contribution in [3.8, 4) is 0 Å². The van der Waals surface area contributed by atoms with Crippen molar-refractivity contribution in [2.45, 2.75) is 32.8 Å². The predicted octanol–water partition coefficient (Wildman–Crippen LogP) is 1.87. The molecule has 1 aromatic heterocycles. The van der Waals surface area contributed by atoms with Crippen molar-refractivity contribution < 1.29 is 10.0 Å². The van der Waals surface area contributed by atoms with Gasteiger partial charge in [-0.05, 0) is 25.8 Å². The second-order valence-corrected chi connectivity index (χ2v) is 3.85. The Bertz CT molecular complexity index is 396. The normalized spacial score (nSPS) is 12.2. The summed E-state index contributed by atoms with van der Waals surface area (Å²) in [4.78, 5) is 14.4. The van der Waals surface area contributed by atoms with Gasteiger partial charge in [0, 0.05) is 18.3 Å². The molecule has 0 amide bonds. The predicted molar refractivity (Wildman–Crippen MR) is 65.0 cm³/mol. The fourth-order valence-electron chi connectivity index (χ4n) is 1.39. The number of anilines is 1. The maximum atomic E-state index is 10.8. The monoisotopic (exact) mass is 239 g/mol. The second kappa shape index (κ2) is 6.15. The topological polar surface area (TPSA) is 88.3 Å². The highest BCUT2D eigenvalue weighted by atomic mass is 16.6. The van der Waals surface area contributed by atoms with E-state index in [1.54, 1.807) is 13.0 Å². The van der Waals surface area contributed by atoms with E-state index in [0.29, 0.717) is 25.1 Å². The summed E-state index contributed by atoms with van der Waals surface area (Å²) in [6.45, 7) is 4.13. The molecule has 0 aliphatic heterocycles. The lowest BCUT2D eigenvalue weighted by molar-refractivity contribution is -0.384. The van der Waals surface area contributed by atoms with Crippen LogP contribution in [0.5, 0.6) is 0 Å². The zero-order valence-corrected chi connectivity index (χ0v) is 10.0. The molecule has 0 aromatic carbocycles. The van der Waals surface area contributed by atoms with Crippen LogP contribution in [0.4, 0.5) is 11.5 Å². The SMILES string of the molecule is CCC(O)CCNc1nc(C)ccc1[N+](=O)[O-]. The third kappa shape index (κ3) is 3.99. The Balaban J connectivity index is 2.68. The Kier molecular flexibility index (Phi) is 4.84. The van der Waals surface area contributed by atoms with Crippen LogP contribution < -0.4 is 5.32 Å². The smallest absolute Gasteiger partial charge is 0.311 e. The molecule has 1 atom stereocenters. The van der Waals surface area contributed by atoms with Crippen molar-refractivity contribution in [2.24, 2.45) is 0 Å². The van der Waals surface area contributed by atoms with Crippen molar-refractivity contribution in [2.75, 3.05) is 11.9 Å². The van der Waals surface area contributed by atoms with Crippen LogP contribution in [-0.4, -0.2) is 27.7 Å². The molecule has 1 unspecified atom stereocenters. The number of pyridine rings is 1. The van der Waals surface area contributed by atoms with Gasteiger partial charge in [-0.3, -0.25) is 10.1 Å². The van der Waals surface area contributed by atoms with Gasteiger partial charge in [-0.2, -0.15) is 0 Å². The molecule has 0 aliphatic carbocycles. The van der Waals surface area contributed by atoms with Crippen LogP contribution in [0.2, 0.25) is 0 Å². The minimum Gasteiger partial charge on any atom is -0.393 e. The molecule has 0 bridgehead atoms. The second-order valence-electron chi connectivity index (χ2n) is 3.85. The van der Waals surface area contributed by atoms with Gasteiger partial charge in [0.1, 0.15) is 0 Å². The Morgan fingerprint density at radius 3 is 2.88 bits per heavy atom. The van der Waals surface area contributed by atoms with Crippen LogP contribution in [0.25, 0.3) is 0 Å². The van der Waals surface area contributed by atoms with Gasteiger partial charge >= 0.3 is 5.69 Å². The quantitative estimate of drug-likeness (QED) is 0.584. The van der Waals surface area contributed by atoms with Gasteiger partial charge in [0.05, 0.1) is 11.0 Å². The van der Waals surface area contributed by atoms with Gasteiger partial charge in [-0.15, -0.1) is 0 Å². The highest BCUT2D eigenvalue weighted by molar-refractivity contribution is 5.55. The first-order chi connectivity index (χ1) is 8.04. The summed E-state index contributed by atoms with van der Waals surface area (Å²) in [7, 11) is 0. The average molecular weight is 239 g/mol. The summed E-state index contributed by atoms with van der Waals surface area (Å²) in [6.07, 6.45) is 0.834. The highest BCUT2D eigenvalue weighted by Gasteiger charge is 2.14. The first kappa shape index (κ1) is 13.4. The van der Waals surface area contributed by atoms with Gasteiger partial charge in [-0.1, -0.05) is 6.92 Å². The van der Waals surface area contributed by atoms with Crippen molar-refractivity contribution >= 4 is 11.5 Å². The van der Waals surface area contributed by atoms with E-state index in [4.69, 9.17) is 0 Å². The molecule has 6 nitrogen and oxygen atoms in total. The summed E-state index contributed by atoms with van der Waals surface area (Å²) < 4.78 is 0. The molecular formula is C11H17N3O3. The Morgan fingerprint density at radius 1 is 1.59 bits per heavy atom. The van der Waals surface area contributed by atoms with Crippen LogP contribution in [-0.2, 0) is 0 Å². The number of aliphatic hydroxyl groups is 1. The number of hydrogen-bond donors (Lipinski definition) is 2. The third-order valence-corrected chi connectivity index (χ3v) is 2.45. The molecule has 0 saturated heterocycles. The number of nitro groups is 1. The number of hydrogen-bond acceptors (Lipinski definition) is 5. The van der Waals surface area contributed by atoms with E-state index in [-0.39, 0.29) is 17.6 Å². The van der Waals surface area contributed by atoms with Crippen LogP contribution in [0, 0.1) is 17.0 Å². The summed E-state index contributed by atoms with van der Waals surface area (Å²) in [5.74, 6) is 0.262. The summed E-state index contributed by atoms with van der Waals surface area (Å²) in [5, 5.41) is 23.0. The molecule has 0 spiro atoms. The molecule has 1 rings (SSSR count). The minimum absolute atomic E-state index is 0.0402. The number of nitrogens with zero attached hydrogens (tertiary/aromatic N) is 2. The van der Waals surface area contributed by atoms with Gasteiger partial charge in [0.2, 0.25) is 5.82 Å². The number of aryl methyl sites for hydroxylation is 1. The van der Waals surface area contributed by atoms with Gasteiger partial charge < -0.3 is 10.4 Å². The van der Waals surface area contributed by atoms with E-state index in [1.807, 2.05) is 6.92 Å². The van der Waals surface area contributed by atoms with E-state index in [9.17, 15) is 15.2 Å². The molecule has 0 fully saturated rings. The maximum absolute atomic E-state index is 10.8. The van der Waals surface area contributed by atoms with Crippen molar-refractivity contribution in [1.82, 2.24) is 4.98 Å². The Morgan fingerprint density at radius 2 is 2.29 bits per heavy atom. The van der Waals surface area contributed by atoms with Gasteiger partial charge in [0.25, 0.3) is 0 Å². The van der Waals surface area contributed by atoms with Crippen LogP contribution in [0.1, 0.15) is 25.5 Å². The lowest BCUT2D eigenvalue weighted by Gasteiger charge is -2.09. The molecule has 0 aliphatic rings. The van der Waals surface area contributed by atoms with Crippen LogP contribution >= 0.6 is 0 Å². The van der Waals surface area contributed by atoms with E-state index < -0.39 is 4.92 Å². The van der Waals surface area contributed by atoms with Crippen molar-refractivity contribution in [3.05, 3.63) is 27.9 Å². The first-order valence-electron chi connectivity index (χ1n) is 5.58. The number of rotatable bonds is 6. The zero-order valence-electron chi connectivity index (χ0n) is 10.0. The lowest BCUT2D eigenvalue weighted by Crippen LogP contribution is -2.13. The molecule has 17 heavy (non-hydrogen) atoms. The van der Waals surface area contributed by atoms with Crippen LogP contribution in [0.3, 0.4) is 0 Å². The third-order valence-electron chi connectivity index (χ3n) is 2.45. The molecular weight excluding hydrogens is 222 g/mol. The molecule has 6 heteroatoms. The fraction of sp³-hybridized carbons (Fsp3) is 0.545. The number of aromatic nitrogens is 1. The number of aliphatic hydroxyl groups excluding tert-OH is 1. The molecule has 1 heterocycles.